The van der Waals surface area contributed by atoms with E-state index in [-0.39, 0.29) is 11.8 Å². The van der Waals surface area contributed by atoms with Gasteiger partial charge in [-0.3, -0.25) is 5.43 Å². The zero-order valence-corrected chi connectivity index (χ0v) is 7.83. The van der Waals surface area contributed by atoms with Crippen molar-refractivity contribution in [3.8, 4) is 0 Å². The summed E-state index contributed by atoms with van der Waals surface area (Å²) in [7, 11) is 1.60. The molecule has 1 aromatic carbocycles. The Morgan fingerprint density at radius 1 is 1.50 bits per heavy atom. The number of amides is 2. The molecule has 76 valence electrons. The Morgan fingerprint density at radius 2 is 2.07 bits per heavy atom. The molecule has 0 saturated carbocycles. The molecule has 0 atom stereocenters. The first-order chi connectivity index (χ1) is 6.63. The Kier molecular flexibility index (Phi) is 3.41. The number of carbonyl (C=O) groups is 1. The summed E-state index contributed by atoms with van der Waals surface area (Å²) in [6.45, 7) is 0.392. The fourth-order valence-corrected chi connectivity index (χ4v) is 1.05. The Balaban J connectivity index is 2.60. The Morgan fingerprint density at radius 3 is 2.57 bits per heavy atom. The number of hydrogen-bond donors (Lipinski definition) is 2. The molecule has 2 amide bonds. The van der Waals surface area contributed by atoms with Crippen molar-refractivity contribution in [3.63, 3.8) is 0 Å². The topological polar surface area (TPSA) is 58.4 Å². The van der Waals surface area contributed by atoms with Crippen molar-refractivity contribution < 1.29 is 9.18 Å². The van der Waals surface area contributed by atoms with Crippen molar-refractivity contribution in [1.29, 1.82) is 0 Å². The summed E-state index contributed by atoms with van der Waals surface area (Å²) in [6, 6.07) is 5.56. The van der Waals surface area contributed by atoms with Crippen LogP contribution in [0.15, 0.2) is 24.3 Å². The van der Waals surface area contributed by atoms with Crippen molar-refractivity contribution in [2.24, 2.45) is 5.84 Å². The van der Waals surface area contributed by atoms with E-state index in [1.807, 2.05) is 5.43 Å². The van der Waals surface area contributed by atoms with Crippen LogP contribution in [0, 0.1) is 5.82 Å². The van der Waals surface area contributed by atoms with Crippen molar-refractivity contribution >= 4 is 6.03 Å². The van der Waals surface area contributed by atoms with Gasteiger partial charge in [-0.25, -0.2) is 15.0 Å². The summed E-state index contributed by atoms with van der Waals surface area (Å²) >= 11 is 0. The van der Waals surface area contributed by atoms with Gasteiger partial charge in [0.25, 0.3) is 0 Å². The van der Waals surface area contributed by atoms with Gasteiger partial charge in [0.1, 0.15) is 5.82 Å². The molecule has 0 radical (unpaired) electrons. The molecule has 0 aliphatic rings. The number of halogens is 1. The standard InChI is InChI=1S/C9H12FN3O/c1-13(9(14)12-11)6-7-2-4-8(10)5-3-7/h2-5H,6,11H2,1H3,(H,12,14). The van der Waals surface area contributed by atoms with Crippen LogP contribution in [0.25, 0.3) is 0 Å². The van der Waals surface area contributed by atoms with E-state index in [1.54, 1.807) is 19.2 Å². The van der Waals surface area contributed by atoms with E-state index >= 15 is 0 Å². The highest BCUT2D eigenvalue weighted by molar-refractivity contribution is 5.73. The molecular formula is C9H12FN3O. The van der Waals surface area contributed by atoms with E-state index < -0.39 is 0 Å². The van der Waals surface area contributed by atoms with E-state index in [9.17, 15) is 9.18 Å². The molecule has 0 saturated heterocycles. The maximum Gasteiger partial charge on any atom is 0.331 e. The highest BCUT2D eigenvalue weighted by atomic mass is 19.1. The molecule has 0 bridgehead atoms. The van der Waals surface area contributed by atoms with Crippen molar-refractivity contribution in [2.45, 2.75) is 6.54 Å². The summed E-state index contributed by atoms with van der Waals surface area (Å²) in [6.07, 6.45) is 0. The van der Waals surface area contributed by atoms with Gasteiger partial charge in [-0.2, -0.15) is 0 Å². The fourth-order valence-electron chi connectivity index (χ4n) is 1.05. The molecule has 0 fully saturated rings. The van der Waals surface area contributed by atoms with Crippen LogP contribution in [0.1, 0.15) is 5.56 Å². The lowest BCUT2D eigenvalue weighted by Gasteiger charge is -2.15. The third kappa shape index (κ3) is 2.70. The normalized spacial score (nSPS) is 9.64. The van der Waals surface area contributed by atoms with Crippen LogP contribution in [0.4, 0.5) is 9.18 Å². The second-order valence-corrected chi connectivity index (χ2v) is 2.93. The van der Waals surface area contributed by atoms with Crippen LogP contribution < -0.4 is 11.3 Å². The predicted molar refractivity (Wildman–Crippen MR) is 50.6 cm³/mol. The highest BCUT2D eigenvalue weighted by Crippen LogP contribution is 2.05. The van der Waals surface area contributed by atoms with Crippen LogP contribution in [-0.4, -0.2) is 18.0 Å². The van der Waals surface area contributed by atoms with Gasteiger partial charge in [-0.1, -0.05) is 12.1 Å². The van der Waals surface area contributed by atoms with Crippen LogP contribution in [-0.2, 0) is 6.54 Å². The number of nitrogens with one attached hydrogen (secondary N) is 1. The van der Waals surface area contributed by atoms with Crippen LogP contribution in [0.2, 0.25) is 0 Å². The third-order valence-corrected chi connectivity index (χ3v) is 1.80. The number of carbonyl (C=O) groups excluding carboxylic acids is 1. The zero-order valence-electron chi connectivity index (χ0n) is 7.83. The van der Waals surface area contributed by atoms with Gasteiger partial charge < -0.3 is 4.90 Å². The first-order valence-electron chi connectivity index (χ1n) is 4.09. The molecule has 1 rings (SSSR count). The maximum atomic E-state index is 12.5. The summed E-state index contributed by atoms with van der Waals surface area (Å²) in [4.78, 5) is 12.4. The predicted octanol–water partition coefficient (Wildman–Crippen LogP) is 0.841. The molecule has 4 nitrogen and oxygen atoms in total. The second-order valence-electron chi connectivity index (χ2n) is 2.93. The number of nitrogens with two attached hydrogens (primary N) is 1. The number of hydrazine groups is 1. The van der Waals surface area contributed by atoms with Crippen LogP contribution in [0.3, 0.4) is 0 Å². The van der Waals surface area contributed by atoms with Gasteiger partial charge in [0.2, 0.25) is 0 Å². The van der Waals surface area contributed by atoms with Crippen molar-refractivity contribution in [1.82, 2.24) is 10.3 Å². The molecule has 0 spiro atoms. The van der Waals surface area contributed by atoms with Crippen LogP contribution in [0.5, 0.6) is 0 Å². The number of rotatable bonds is 2. The molecule has 1 aromatic rings. The molecule has 14 heavy (non-hydrogen) atoms. The summed E-state index contributed by atoms with van der Waals surface area (Å²) in [5, 5.41) is 0. The first kappa shape index (κ1) is 10.5. The minimum absolute atomic E-state index is 0.292. The lowest BCUT2D eigenvalue weighted by molar-refractivity contribution is 0.207. The molecule has 0 aliphatic heterocycles. The van der Waals surface area contributed by atoms with Gasteiger partial charge in [0, 0.05) is 13.6 Å². The molecular weight excluding hydrogens is 185 g/mol. The van der Waals surface area contributed by atoms with Gasteiger partial charge >= 0.3 is 6.03 Å². The van der Waals surface area contributed by atoms with Gasteiger partial charge in [0.05, 0.1) is 0 Å². The number of benzene rings is 1. The molecule has 0 heterocycles. The molecule has 0 aliphatic carbocycles. The van der Waals surface area contributed by atoms with Gasteiger partial charge in [-0.15, -0.1) is 0 Å². The average molecular weight is 197 g/mol. The SMILES string of the molecule is CN(Cc1ccc(F)cc1)C(=O)NN. The minimum atomic E-state index is -0.380. The summed E-state index contributed by atoms with van der Waals surface area (Å²) in [5.74, 6) is 4.66. The van der Waals surface area contributed by atoms with Crippen LogP contribution >= 0.6 is 0 Å². The van der Waals surface area contributed by atoms with Gasteiger partial charge in [0.15, 0.2) is 0 Å². The lowest BCUT2D eigenvalue weighted by atomic mass is 10.2. The minimum Gasteiger partial charge on any atom is -0.322 e. The largest absolute Gasteiger partial charge is 0.331 e. The maximum absolute atomic E-state index is 12.5. The molecule has 5 heteroatoms. The van der Waals surface area contributed by atoms with E-state index in [2.05, 4.69) is 0 Å². The summed E-state index contributed by atoms with van der Waals surface area (Å²) in [5.41, 5.74) is 2.85. The van der Waals surface area contributed by atoms with E-state index in [1.165, 1.54) is 17.0 Å². The third-order valence-electron chi connectivity index (χ3n) is 1.80. The zero-order chi connectivity index (χ0) is 10.6. The molecule has 3 N–H and O–H groups in total. The second kappa shape index (κ2) is 4.57. The lowest BCUT2D eigenvalue weighted by Crippen LogP contribution is -2.40. The summed E-state index contributed by atoms with van der Waals surface area (Å²) < 4.78 is 12.5. The van der Waals surface area contributed by atoms with E-state index in [4.69, 9.17) is 5.84 Å². The van der Waals surface area contributed by atoms with E-state index in [0.717, 1.165) is 5.56 Å². The van der Waals surface area contributed by atoms with E-state index in [0.29, 0.717) is 6.54 Å². The monoisotopic (exact) mass is 197 g/mol. The Hall–Kier alpha value is -1.62. The molecule has 0 unspecified atom stereocenters. The van der Waals surface area contributed by atoms with Gasteiger partial charge in [-0.05, 0) is 17.7 Å². The van der Waals surface area contributed by atoms with Crippen molar-refractivity contribution in [2.75, 3.05) is 7.05 Å². The number of urea groups is 1. The Labute approximate surface area is 81.5 Å². The highest BCUT2D eigenvalue weighted by Gasteiger charge is 2.06. The first-order valence-corrected chi connectivity index (χ1v) is 4.09. The molecule has 0 aromatic heterocycles. The average Bonchev–Trinajstić information content (AvgIpc) is 2.20. The smallest absolute Gasteiger partial charge is 0.322 e. The quantitative estimate of drug-likeness (QED) is 0.419. The number of hydrogen-bond acceptors (Lipinski definition) is 2. The number of nitrogens with zero attached hydrogens (tertiary/aromatic N) is 1. The Bertz CT molecular complexity index is 312. The fraction of sp³-hybridized carbons (Fsp3) is 0.222. The van der Waals surface area contributed by atoms with Crippen molar-refractivity contribution in [3.05, 3.63) is 35.6 Å².